The Hall–Kier alpha value is -1.04. The highest BCUT2D eigenvalue weighted by Gasteiger charge is 2.11. The molecule has 0 aromatic carbocycles. The van der Waals surface area contributed by atoms with Gasteiger partial charge in [-0.05, 0) is 6.07 Å². The van der Waals surface area contributed by atoms with Gasteiger partial charge in [-0.25, -0.2) is 4.39 Å². The molecule has 3 nitrogen and oxygen atoms in total. The predicted molar refractivity (Wildman–Crippen MR) is 37.9 cm³/mol. The standard InChI is InChI=1S/C6H5F2NO2S/c7-6-3-9-2-1-5(6)4-12(8,10)11/h1-3H,4H2. The van der Waals surface area contributed by atoms with Crippen LogP contribution in [0.5, 0.6) is 0 Å². The fourth-order valence-corrected chi connectivity index (χ4v) is 1.31. The third kappa shape index (κ3) is 2.54. The van der Waals surface area contributed by atoms with Crippen LogP contribution in [0.15, 0.2) is 18.5 Å². The van der Waals surface area contributed by atoms with E-state index in [0.717, 1.165) is 12.3 Å². The Kier molecular flexibility index (Phi) is 2.37. The largest absolute Gasteiger partial charge is 0.306 e. The average Bonchev–Trinajstić information content (AvgIpc) is 1.91. The summed E-state index contributed by atoms with van der Waals surface area (Å²) in [5.74, 6) is -1.76. The van der Waals surface area contributed by atoms with Crippen molar-refractivity contribution in [1.29, 1.82) is 0 Å². The predicted octanol–water partition coefficient (Wildman–Crippen LogP) is 1.02. The monoisotopic (exact) mass is 193 g/mol. The molecule has 0 spiro atoms. The van der Waals surface area contributed by atoms with Crippen molar-refractivity contribution in [2.24, 2.45) is 0 Å². The Morgan fingerprint density at radius 2 is 2.17 bits per heavy atom. The maximum atomic E-state index is 12.6. The van der Waals surface area contributed by atoms with Gasteiger partial charge in [0.15, 0.2) is 0 Å². The van der Waals surface area contributed by atoms with Crippen molar-refractivity contribution in [1.82, 2.24) is 4.98 Å². The molecule has 0 saturated carbocycles. The van der Waals surface area contributed by atoms with Crippen LogP contribution in [0.25, 0.3) is 0 Å². The van der Waals surface area contributed by atoms with Gasteiger partial charge in [-0.2, -0.15) is 8.42 Å². The maximum absolute atomic E-state index is 12.6. The quantitative estimate of drug-likeness (QED) is 0.659. The molecule has 0 saturated heterocycles. The lowest BCUT2D eigenvalue weighted by Gasteiger charge is -1.96. The Balaban J connectivity index is 2.98. The minimum Gasteiger partial charge on any atom is -0.262 e. The lowest BCUT2D eigenvalue weighted by molar-refractivity contribution is 0.546. The van der Waals surface area contributed by atoms with E-state index in [0.29, 0.717) is 0 Å². The Bertz CT molecular complexity index is 377. The molecule has 0 atom stereocenters. The van der Waals surface area contributed by atoms with Gasteiger partial charge in [-0.3, -0.25) is 4.98 Å². The Morgan fingerprint density at radius 3 is 2.67 bits per heavy atom. The van der Waals surface area contributed by atoms with Crippen molar-refractivity contribution in [2.45, 2.75) is 5.75 Å². The third-order valence-corrected chi connectivity index (χ3v) is 1.84. The van der Waals surface area contributed by atoms with Crippen LogP contribution in [0.1, 0.15) is 5.56 Å². The summed E-state index contributed by atoms with van der Waals surface area (Å²) in [5, 5.41) is 0. The van der Waals surface area contributed by atoms with Crippen molar-refractivity contribution in [3.8, 4) is 0 Å². The Morgan fingerprint density at radius 1 is 1.50 bits per heavy atom. The first-order valence-electron chi connectivity index (χ1n) is 3.00. The van der Waals surface area contributed by atoms with E-state index in [4.69, 9.17) is 0 Å². The molecule has 0 aliphatic rings. The zero-order valence-corrected chi connectivity index (χ0v) is 6.68. The molecule has 0 aliphatic heterocycles. The zero-order valence-electron chi connectivity index (χ0n) is 5.87. The molecule has 0 aliphatic carbocycles. The molecule has 0 fully saturated rings. The second-order valence-electron chi connectivity index (χ2n) is 2.15. The van der Waals surface area contributed by atoms with Crippen LogP contribution in [0, 0.1) is 5.82 Å². The number of aromatic nitrogens is 1. The summed E-state index contributed by atoms with van der Waals surface area (Å²) in [6, 6.07) is 1.12. The minimum absolute atomic E-state index is 0.215. The van der Waals surface area contributed by atoms with E-state index >= 15 is 0 Å². The molecule has 0 radical (unpaired) electrons. The number of pyridine rings is 1. The first-order valence-corrected chi connectivity index (χ1v) is 4.55. The highest BCUT2D eigenvalue weighted by Crippen LogP contribution is 2.09. The second kappa shape index (κ2) is 3.14. The summed E-state index contributed by atoms with van der Waals surface area (Å²) in [6.45, 7) is 0. The minimum atomic E-state index is -4.67. The smallest absolute Gasteiger partial charge is 0.262 e. The van der Waals surface area contributed by atoms with Crippen molar-refractivity contribution in [3.63, 3.8) is 0 Å². The molecule has 6 heteroatoms. The molecule has 0 unspecified atom stereocenters. The Labute approximate surface area is 68.3 Å². The van der Waals surface area contributed by atoms with E-state index in [1.165, 1.54) is 6.20 Å². The normalized spacial score (nSPS) is 11.5. The highest BCUT2D eigenvalue weighted by molar-refractivity contribution is 7.85. The van der Waals surface area contributed by atoms with E-state index in [-0.39, 0.29) is 5.56 Å². The van der Waals surface area contributed by atoms with Crippen molar-refractivity contribution in [2.75, 3.05) is 0 Å². The van der Waals surface area contributed by atoms with Gasteiger partial charge in [0.05, 0.1) is 6.20 Å². The van der Waals surface area contributed by atoms with Gasteiger partial charge in [0.2, 0.25) is 0 Å². The van der Waals surface area contributed by atoms with Crippen molar-refractivity contribution in [3.05, 3.63) is 29.8 Å². The van der Waals surface area contributed by atoms with Gasteiger partial charge < -0.3 is 0 Å². The summed E-state index contributed by atoms with van der Waals surface area (Å²) in [5.41, 5.74) is -0.215. The van der Waals surface area contributed by atoms with Gasteiger partial charge in [-0.1, -0.05) is 0 Å². The lowest BCUT2D eigenvalue weighted by Crippen LogP contribution is -1.99. The summed E-state index contributed by atoms with van der Waals surface area (Å²) in [7, 11) is -4.67. The van der Waals surface area contributed by atoms with Gasteiger partial charge >= 0.3 is 10.2 Å². The zero-order chi connectivity index (χ0) is 9.19. The summed E-state index contributed by atoms with van der Waals surface area (Å²) >= 11 is 0. The topological polar surface area (TPSA) is 47.0 Å². The molecule has 1 aromatic rings. The van der Waals surface area contributed by atoms with E-state index in [1.54, 1.807) is 0 Å². The first kappa shape index (κ1) is 9.05. The number of halogens is 2. The molecule has 12 heavy (non-hydrogen) atoms. The molecule has 0 bridgehead atoms. The average molecular weight is 193 g/mol. The third-order valence-electron chi connectivity index (χ3n) is 1.18. The van der Waals surface area contributed by atoms with Crippen molar-refractivity contribution < 1.29 is 16.7 Å². The van der Waals surface area contributed by atoms with Gasteiger partial charge in [-0.15, -0.1) is 3.89 Å². The van der Waals surface area contributed by atoms with Gasteiger partial charge in [0, 0.05) is 11.8 Å². The van der Waals surface area contributed by atoms with E-state index in [2.05, 4.69) is 4.98 Å². The summed E-state index contributed by atoms with van der Waals surface area (Å²) in [6.07, 6.45) is 2.03. The fourth-order valence-electron chi connectivity index (χ4n) is 0.707. The molecular weight excluding hydrogens is 188 g/mol. The molecule has 66 valence electrons. The SMILES string of the molecule is O=S(=O)(F)Cc1ccncc1F. The maximum Gasteiger partial charge on any atom is 0.306 e. The summed E-state index contributed by atoms with van der Waals surface area (Å²) in [4.78, 5) is 3.38. The van der Waals surface area contributed by atoms with Gasteiger partial charge in [0.1, 0.15) is 11.6 Å². The first-order chi connectivity index (χ1) is 5.49. The van der Waals surface area contributed by atoms with Crippen LogP contribution in [0.2, 0.25) is 0 Å². The molecule has 0 N–H and O–H groups in total. The van der Waals surface area contributed by atoms with E-state index < -0.39 is 21.8 Å². The second-order valence-corrected chi connectivity index (χ2v) is 3.52. The van der Waals surface area contributed by atoms with Crippen LogP contribution >= 0.6 is 0 Å². The van der Waals surface area contributed by atoms with Crippen LogP contribution in [-0.2, 0) is 16.0 Å². The van der Waals surface area contributed by atoms with Crippen LogP contribution in [0.4, 0.5) is 8.28 Å². The molecular formula is C6H5F2NO2S. The van der Waals surface area contributed by atoms with Gasteiger partial charge in [0.25, 0.3) is 0 Å². The van der Waals surface area contributed by atoms with E-state index in [1.807, 2.05) is 0 Å². The van der Waals surface area contributed by atoms with Crippen molar-refractivity contribution >= 4 is 10.2 Å². The lowest BCUT2D eigenvalue weighted by atomic mass is 10.3. The number of nitrogens with zero attached hydrogens (tertiary/aromatic N) is 1. The van der Waals surface area contributed by atoms with Crippen LogP contribution in [-0.4, -0.2) is 13.4 Å². The van der Waals surface area contributed by atoms with Crippen LogP contribution < -0.4 is 0 Å². The molecule has 1 heterocycles. The highest BCUT2D eigenvalue weighted by atomic mass is 32.3. The van der Waals surface area contributed by atoms with Crippen LogP contribution in [0.3, 0.4) is 0 Å². The molecule has 1 aromatic heterocycles. The molecule has 0 amide bonds. The number of hydrogen-bond acceptors (Lipinski definition) is 3. The number of rotatable bonds is 2. The summed E-state index contributed by atoms with van der Waals surface area (Å²) < 4.78 is 44.9. The number of hydrogen-bond donors (Lipinski definition) is 0. The van der Waals surface area contributed by atoms with E-state index in [9.17, 15) is 16.7 Å². The molecule has 1 rings (SSSR count). The fraction of sp³-hybridized carbons (Fsp3) is 0.167.